The van der Waals surface area contributed by atoms with Crippen molar-refractivity contribution in [3.05, 3.63) is 81.9 Å². The van der Waals surface area contributed by atoms with Crippen molar-refractivity contribution in [2.75, 3.05) is 13.2 Å². The molecule has 0 spiro atoms. The number of carbonyl (C=O) groups is 2. The Morgan fingerprint density at radius 1 is 1.15 bits per heavy atom. The molecule has 0 unspecified atom stereocenters. The van der Waals surface area contributed by atoms with Crippen molar-refractivity contribution in [3.63, 3.8) is 0 Å². The van der Waals surface area contributed by atoms with Crippen LogP contribution >= 0.6 is 12.2 Å². The first-order valence-electron chi connectivity index (χ1n) is 9.96. The number of amides is 2. The van der Waals surface area contributed by atoms with Crippen LogP contribution in [0.25, 0.3) is 6.08 Å². The first kappa shape index (κ1) is 23.6. The van der Waals surface area contributed by atoms with Crippen LogP contribution in [0, 0.1) is 10.1 Å². The molecule has 0 saturated carbocycles. The summed E-state index contributed by atoms with van der Waals surface area (Å²) in [5.41, 5.74) is 1.25. The zero-order valence-electron chi connectivity index (χ0n) is 17.8. The van der Waals surface area contributed by atoms with Crippen molar-refractivity contribution < 1.29 is 24.0 Å². The molecule has 33 heavy (non-hydrogen) atoms. The van der Waals surface area contributed by atoms with E-state index < -0.39 is 16.7 Å². The van der Waals surface area contributed by atoms with Gasteiger partial charge >= 0.3 is 0 Å². The molecule has 0 radical (unpaired) electrons. The minimum absolute atomic E-state index is 0.000129. The Morgan fingerprint density at radius 2 is 1.88 bits per heavy atom. The molecule has 2 aromatic rings. The lowest BCUT2D eigenvalue weighted by Crippen LogP contribution is -2.53. The summed E-state index contributed by atoms with van der Waals surface area (Å²) in [5, 5.41) is 13.3. The molecule has 1 heterocycles. The van der Waals surface area contributed by atoms with E-state index in [1.54, 1.807) is 30.3 Å². The Kier molecular flexibility index (Phi) is 7.52. The third-order valence-corrected chi connectivity index (χ3v) is 4.94. The summed E-state index contributed by atoms with van der Waals surface area (Å²) in [6, 6.07) is 11.1. The summed E-state index contributed by atoms with van der Waals surface area (Å²) in [4.78, 5) is 36.6. The van der Waals surface area contributed by atoms with Crippen molar-refractivity contribution in [2.24, 2.45) is 0 Å². The molecule has 3 rings (SSSR count). The van der Waals surface area contributed by atoms with Gasteiger partial charge in [0.2, 0.25) is 0 Å². The van der Waals surface area contributed by atoms with Crippen LogP contribution in [-0.4, -0.2) is 39.9 Å². The van der Waals surface area contributed by atoms with Gasteiger partial charge in [0, 0.05) is 18.7 Å². The number of benzene rings is 2. The molecule has 0 bridgehead atoms. The number of hydrogen-bond acceptors (Lipinski definition) is 7. The zero-order chi connectivity index (χ0) is 24.0. The van der Waals surface area contributed by atoms with Gasteiger partial charge in [-0.1, -0.05) is 12.1 Å². The predicted molar refractivity (Wildman–Crippen MR) is 126 cm³/mol. The molecule has 9 nitrogen and oxygen atoms in total. The summed E-state index contributed by atoms with van der Waals surface area (Å²) < 4.78 is 11.5. The molecule has 1 N–H and O–H groups in total. The van der Waals surface area contributed by atoms with Crippen LogP contribution in [-0.2, 0) is 16.2 Å². The summed E-state index contributed by atoms with van der Waals surface area (Å²) >= 11 is 5.05. The Bertz CT molecular complexity index is 1140. The lowest BCUT2D eigenvalue weighted by atomic mass is 10.1. The number of carbonyl (C=O) groups excluding carboxylic acids is 2. The molecule has 1 aliphatic rings. The van der Waals surface area contributed by atoms with Gasteiger partial charge in [0.25, 0.3) is 17.5 Å². The monoisotopic (exact) mass is 467 g/mol. The summed E-state index contributed by atoms with van der Waals surface area (Å²) in [7, 11) is 0. The van der Waals surface area contributed by atoms with E-state index in [0.717, 1.165) is 5.56 Å². The zero-order valence-corrected chi connectivity index (χ0v) is 18.6. The van der Waals surface area contributed by atoms with Gasteiger partial charge in [-0.15, -0.1) is 6.58 Å². The highest BCUT2D eigenvalue weighted by molar-refractivity contribution is 7.80. The molecule has 2 amide bonds. The topological polar surface area (TPSA) is 111 Å². The number of rotatable bonds is 9. The van der Waals surface area contributed by atoms with Gasteiger partial charge < -0.3 is 9.47 Å². The summed E-state index contributed by atoms with van der Waals surface area (Å²) in [6.07, 6.45) is 2.97. The van der Waals surface area contributed by atoms with Gasteiger partial charge in [-0.25, -0.2) is 0 Å². The highest BCUT2D eigenvalue weighted by atomic mass is 32.1. The average Bonchev–Trinajstić information content (AvgIpc) is 2.79. The second-order valence-corrected chi connectivity index (χ2v) is 7.26. The van der Waals surface area contributed by atoms with Gasteiger partial charge in [0.15, 0.2) is 16.6 Å². The molecule has 1 aliphatic heterocycles. The van der Waals surface area contributed by atoms with Crippen LogP contribution in [0.5, 0.6) is 11.5 Å². The molecule has 1 saturated heterocycles. The van der Waals surface area contributed by atoms with Crippen molar-refractivity contribution in [1.82, 2.24) is 10.2 Å². The quantitative estimate of drug-likeness (QED) is 0.150. The normalized spacial score (nSPS) is 14.8. The second-order valence-electron chi connectivity index (χ2n) is 6.87. The smallest absolute Gasteiger partial charge is 0.269 e. The Labute approximate surface area is 195 Å². The maximum absolute atomic E-state index is 12.7. The number of hydrogen-bond donors (Lipinski definition) is 1. The van der Waals surface area contributed by atoms with Crippen molar-refractivity contribution in [2.45, 2.75) is 13.5 Å². The summed E-state index contributed by atoms with van der Waals surface area (Å²) in [5.74, 6) is -0.219. The minimum atomic E-state index is -0.582. The van der Waals surface area contributed by atoms with Gasteiger partial charge in [-0.2, -0.15) is 0 Å². The first-order valence-corrected chi connectivity index (χ1v) is 10.4. The minimum Gasteiger partial charge on any atom is -0.490 e. The maximum Gasteiger partial charge on any atom is 0.269 e. The van der Waals surface area contributed by atoms with Crippen molar-refractivity contribution in [3.8, 4) is 11.5 Å². The molecule has 1 fully saturated rings. The van der Waals surface area contributed by atoms with E-state index in [1.807, 2.05) is 6.92 Å². The lowest BCUT2D eigenvalue weighted by molar-refractivity contribution is -0.384. The van der Waals surface area contributed by atoms with E-state index in [0.29, 0.717) is 23.7 Å². The third kappa shape index (κ3) is 5.60. The van der Waals surface area contributed by atoms with Crippen LogP contribution in [0.1, 0.15) is 18.1 Å². The van der Waals surface area contributed by atoms with Gasteiger partial charge in [0.05, 0.1) is 11.5 Å². The van der Waals surface area contributed by atoms with Crippen LogP contribution in [0.3, 0.4) is 0 Å². The standard InChI is InChI=1S/C23H21N3O6S/c1-3-11-25-22(28)18(21(27)24-23(25)33)12-16-7-10-19(20(13-16)31-4-2)32-14-15-5-8-17(9-6-15)26(29)30/h3,5-10,12-13H,1,4,11,14H2,2H3,(H,24,27,33)/b18-12+. The fourth-order valence-corrected chi connectivity index (χ4v) is 3.28. The molecule has 10 heteroatoms. The molecule has 170 valence electrons. The highest BCUT2D eigenvalue weighted by Crippen LogP contribution is 2.30. The molecule has 2 aromatic carbocycles. The number of ether oxygens (including phenoxy) is 2. The van der Waals surface area contributed by atoms with E-state index in [2.05, 4.69) is 11.9 Å². The Morgan fingerprint density at radius 3 is 2.52 bits per heavy atom. The molecular formula is C23H21N3O6S. The second kappa shape index (κ2) is 10.5. The lowest BCUT2D eigenvalue weighted by Gasteiger charge is -2.27. The van der Waals surface area contributed by atoms with Crippen LogP contribution in [0.2, 0.25) is 0 Å². The predicted octanol–water partition coefficient (Wildman–Crippen LogP) is 3.39. The SMILES string of the molecule is C=CCN1C(=O)/C(=C/c2ccc(OCc3ccc([N+](=O)[O-])cc3)c(OCC)c2)C(=O)NC1=S. The van der Waals surface area contributed by atoms with Crippen molar-refractivity contribution >= 4 is 40.9 Å². The van der Waals surface area contributed by atoms with Gasteiger partial charge in [-0.05, 0) is 60.6 Å². The number of nitro benzene ring substituents is 1. The first-order chi connectivity index (χ1) is 15.8. The van der Waals surface area contributed by atoms with Gasteiger partial charge in [0.1, 0.15) is 12.2 Å². The molecule has 0 aliphatic carbocycles. The molecular weight excluding hydrogens is 446 g/mol. The summed E-state index contributed by atoms with van der Waals surface area (Å²) in [6.45, 7) is 6.13. The van der Waals surface area contributed by atoms with Crippen LogP contribution in [0.4, 0.5) is 5.69 Å². The Hall–Kier alpha value is -4.05. The molecule has 0 aromatic heterocycles. The van der Waals surface area contributed by atoms with Crippen LogP contribution in [0.15, 0.2) is 60.7 Å². The Balaban J connectivity index is 1.82. The van der Waals surface area contributed by atoms with E-state index in [-0.39, 0.29) is 29.5 Å². The fraction of sp³-hybridized carbons (Fsp3) is 0.174. The number of non-ortho nitro benzene ring substituents is 1. The average molecular weight is 468 g/mol. The third-order valence-electron chi connectivity index (χ3n) is 4.62. The number of nitrogens with zero attached hydrogens (tertiary/aromatic N) is 2. The van der Waals surface area contributed by atoms with E-state index in [4.69, 9.17) is 21.7 Å². The van der Waals surface area contributed by atoms with E-state index in [1.165, 1.54) is 29.2 Å². The van der Waals surface area contributed by atoms with Crippen LogP contribution < -0.4 is 14.8 Å². The molecule has 0 atom stereocenters. The van der Waals surface area contributed by atoms with E-state index >= 15 is 0 Å². The van der Waals surface area contributed by atoms with Gasteiger partial charge in [-0.3, -0.25) is 29.9 Å². The highest BCUT2D eigenvalue weighted by Gasteiger charge is 2.32. The van der Waals surface area contributed by atoms with E-state index in [9.17, 15) is 19.7 Å². The largest absolute Gasteiger partial charge is 0.490 e. The number of nitro groups is 1. The maximum atomic E-state index is 12.7. The fourth-order valence-electron chi connectivity index (χ4n) is 3.03. The number of thiocarbonyl (C=S) groups is 1. The number of nitrogens with one attached hydrogen (secondary N) is 1. The van der Waals surface area contributed by atoms with Crippen molar-refractivity contribution in [1.29, 1.82) is 0 Å².